The topological polar surface area (TPSA) is 23.6 Å². The van der Waals surface area contributed by atoms with Crippen molar-refractivity contribution < 1.29 is 70.2 Å². The number of hydrogen-bond donors (Lipinski definition) is 0. The molecule has 2 heterocycles. The third-order valence-corrected chi connectivity index (χ3v) is 4.37. The van der Waals surface area contributed by atoms with Gasteiger partial charge in [0.05, 0.1) is 5.91 Å². The molecule has 2 radical (unpaired) electrons. The van der Waals surface area contributed by atoms with Crippen LogP contribution < -0.4 is 0 Å². The van der Waals surface area contributed by atoms with Gasteiger partial charge in [0.15, 0.2) is 0 Å². The predicted molar refractivity (Wildman–Crippen MR) is 163 cm³/mol. The molecule has 0 bridgehead atoms. The van der Waals surface area contributed by atoms with E-state index in [0.717, 1.165) is 25.9 Å². The van der Waals surface area contributed by atoms with Crippen molar-refractivity contribution in [2.24, 2.45) is 0 Å². The Labute approximate surface area is 290 Å². The summed E-state index contributed by atoms with van der Waals surface area (Å²) >= 11 is 0. The number of carbonyl (C=O) groups is 1. The van der Waals surface area contributed by atoms with Crippen LogP contribution in [0.4, 0.5) is 0 Å². The Hall–Kier alpha value is -0.0522. The molecule has 1 amide bonds. The van der Waals surface area contributed by atoms with E-state index in [9.17, 15) is 4.79 Å². The van der Waals surface area contributed by atoms with Gasteiger partial charge in [0.1, 0.15) is 0 Å². The number of hydrogen-bond acceptors (Lipinski definition) is 2. The minimum atomic E-state index is -0.0188. The number of rotatable bonds is 0. The Morgan fingerprint density at radius 2 is 0.842 bits per heavy atom. The summed E-state index contributed by atoms with van der Waals surface area (Å²) in [6.45, 7) is 23.6. The smallest absolute Gasteiger partial charge is 0.0823 e. The fraction of sp³-hybridized carbons (Fsp3) is 0.545. The van der Waals surface area contributed by atoms with Gasteiger partial charge in [-0.05, 0) is 45.2 Å². The Balaban J connectivity index is -0.0000000818. The molecule has 2 aromatic rings. The Morgan fingerprint density at radius 3 is 0.974 bits per heavy atom. The second kappa shape index (κ2) is 49.9. The molecule has 0 aliphatic carbocycles. The maximum atomic E-state index is 10.6. The van der Waals surface area contributed by atoms with Gasteiger partial charge in [0.2, 0.25) is 0 Å². The predicted octanol–water partition coefficient (Wildman–Crippen LogP) is 9.17. The second-order valence-corrected chi connectivity index (χ2v) is 6.77. The molecule has 4 rings (SSSR count). The molecule has 2 saturated heterocycles. The molecule has 0 N–H and O–H groups in total. The molecule has 0 unspecified atom stereocenters. The van der Waals surface area contributed by atoms with Gasteiger partial charge in [-0.25, -0.2) is 0 Å². The van der Waals surface area contributed by atoms with Crippen LogP contribution in [0.3, 0.4) is 0 Å². The number of carbonyl (C=O) groups excluding carboxylic acids is 1. The maximum absolute atomic E-state index is 10.6. The van der Waals surface area contributed by atoms with Crippen molar-refractivity contribution in [1.29, 1.82) is 0 Å². The van der Waals surface area contributed by atoms with Crippen LogP contribution in [0.25, 0.3) is 0 Å². The Kier molecular flexibility index (Phi) is 66.6. The van der Waals surface area contributed by atoms with E-state index < -0.39 is 0 Å². The summed E-state index contributed by atoms with van der Waals surface area (Å²) in [6.07, 6.45) is 7.69. The largest absolute Gasteiger partial charge is 0.459 e. The summed E-state index contributed by atoms with van der Waals surface area (Å²) in [5.74, 6) is -0.0188. The molecule has 3 nitrogen and oxygen atoms in total. The number of piperidine rings is 2. The van der Waals surface area contributed by atoms with Crippen LogP contribution in [0, 0.1) is 26.1 Å². The molecule has 0 atom stereocenters. The molecule has 0 saturated carbocycles. The molecule has 38 heavy (non-hydrogen) atoms. The molecule has 216 valence electrons. The van der Waals surface area contributed by atoms with Crippen LogP contribution in [-0.4, -0.2) is 41.9 Å². The van der Waals surface area contributed by atoms with Gasteiger partial charge in [-0.3, -0.25) is 7.05 Å². The van der Waals surface area contributed by atoms with Gasteiger partial charge in [0, 0.05) is 78.5 Å². The SMILES string of the molecule is CC.CC.CC.CC.[CH2-]C(=O)N1CCCCC1.[CH2-]N1CCCCC1.[Y].[Y].[c-]1ccccc1.[c-]1ccccc1. The van der Waals surface area contributed by atoms with Crippen LogP contribution in [0.1, 0.15) is 93.9 Å². The van der Waals surface area contributed by atoms with Gasteiger partial charge in [0.25, 0.3) is 0 Å². The third-order valence-electron chi connectivity index (χ3n) is 4.37. The summed E-state index contributed by atoms with van der Waals surface area (Å²) in [5, 5.41) is 0. The van der Waals surface area contributed by atoms with Crippen molar-refractivity contribution >= 4 is 5.91 Å². The minimum Gasteiger partial charge on any atom is -0.459 e. The quantitative estimate of drug-likeness (QED) is 0.260. The van der Waals surface area contributed by atoms with E-state index in [2.05, 4.69) is 31.0 Å². The van der Waals surface area contributed by atoms with Crippen molar-refractivity contribution in [1.82, 2.24) is 9.80 Å². The van der Waals surface area contributed by atoms with E-state index in [1.165, 1.54) is 38.8 Å². The van der Waals surface area contributed by atoms with E-state index in [1.54, 1.807) is 0 Å². The number of nitrogens with zero attached hydrogens (tertiary/aromatic N) is 2. The van der Waals surface area contributed by atoms with Crippen molar-refractivity contribution in [3.8, 4) is 0 Å². The molecule has 2 aliphatic heterocycles. The van der Waals surface area contributed by atoms with Gasteiger partial charge < -0.3 is 21.5 Å². The van der Waals surface area contributed by atoms with Crippen molar-refractivity contribution in [3.05, 3.63) is 86.8 Å². The first-order chi connectivity index (χ1) is 17.7. The fourth-order valence-electron chi connectivity index (χ4n) is 2.79. The molecule has 2 aromatic carbocycles. The molecule has 2 aliphatic rings. The molecular formula is C33H58N2OY2-4. The first kappa shape index (κ1) is 50.8. The van der Waals surface area contributed by atoms with Crippen LogP contribution >= 0.6 is 0 Å². The average molecular weight is 677 g/mol. The van der Waals surface area contributed by atoms with Gasteiger partial charge >= 0.3 is 0 Å². The zero-order chi connectivity index (χ0) is 28.3. The van der Waals surface area contributed by atoms with Crippen LogP contribution in [0.5, 0.6) is 0 Å². The van der Waals surface area contributed by atoms with E-state index in [4.69, 9.17) is 0 Å². The molecule has 2 fully saturated rings. The maximum Gasteiger partial charge on any atom is 0.0823 e. The number of likely N-dealkylation sites (tertiary alicyclic amines) is 2. The van der Waals surface area contributed by atoms with E-state index >= 15 is 0 Å². The summed E-state index contributed by atoms with van der Waals surface area (Å²) < 4.78 is 0. The summed E-state index contributed by atoms with van der Waals surface area (Å²) in [5.41, 5.74) is 0. The van der Waals surface area contributed by atoms with Gasteiger partial charge in [-0.1, -0.05) is 61.8 Å². The summed E-state index contributed by atoms with van der Waals surface area (Å²) in [7, 11) is 3.83. The Morgan fingerprint density at radius 1 is 0.553 bits per heavy atom. The van der Waals surface area contributed by atoms with E-state index in [1.807, 2.05) is 121 Å². The van der Waals surface area contributed by atoms with Crippen LogP contribution in [-0.2, 0) is 70.2 Å². The van der Waals surface area contributed by atoms with Crippen LogP contribution in [0.2, 0.25) is 0 Å². The monoisotopic (exact) mass is 676 g/mol. The first-order valence-corrected chi connectivity index (χ1v) is 14.2. The van der Waals surface area contributed by atoms with Gasteiger partial charge in [-0.2, -0.15) is 72.8 Å². The molecule has 0 spiro atoms. The molecule has 0 aromatic heterocycles. The minimum absolute atomic E-state index is 0. The van der Waals surface area contributed by atoms with E-state index in [-0.39, 0.29) is 71.3 Å². The Bertz CT molecular complexity index is 489. The number of benzene rings is 2. The zero-order valence-electron chi connectivity index (χ0n) is 26.2. The molecular weight excluding hydrogens is 618 g/mol. The van der Waals surface area contributed by atoms with Crippen LogP contribution in [0.15, 0.2) is 60.7 Å². The zero-order valence-corrected chi connectivity index (χ0v) is 31.9. The van der Waals surface area contributed by atoms with Crippen molar-refractivity contribution in [3.63, 3.8) is 0 Å². The first-order valence-electron chi connectivity index (χ1n) is 14.2. The average Bonchev–Trinajstić information content (AvgIpc) is 3.01. The van der Waals surface area contributed by atoms with Crippen molar-refractivity contribution in [2.75, 3.05) is 26.2 Å². The van der Waals surface area contributed by atoms with E-state index in [0.29, 0.717) is 0 Å². The normalized spacial score (nSPS) is 12.5. The van der Waals surface area contributed by atoms with Crippen molar-refractivity contribution in [2.45, 2.75) is 93.9 Å². The third kappa shape index (κ3) is 43.0. The second-order valence-electron chi connectivity index (χ2n) is 6.77. The molecule has 5 heteroatoms. The number of amides is 1. The van der Waals surface area contributed by atoms with Gasteiger partial charge in [-0.15, -0.1) is 0 Å². The fourth-order valence-corrected chi connectivity index (χ4v) is 2.79. The summed E-state index contributed by atoms with van der Waals surface area (Å²) in [4.78, 5) is 14.6. The standard InChI is InChI=1S/C7H12NO.C6H12N.2C6H5.4C2H6.2Y/c1-7(9)8-5-3-2-4-6-8;1-7-5-3-2-4-6-7;2*1-2-4-6-5-3-1;4*1-2;;/h1-6H2;1-6H2;2*1-5H;4*1-2H3;;/q4*-1;;;;;;. The summed E-state index contributed by atoms with van der Waals surface area (Å²) in [6, 6.07) is 25.0.